The SMILES string of the molecule is COc1cc(CNCCOc2ccccn2)cc(Cl)c1OCc1ccccc1F. The van der Waals surface area contributed by atoms with Crippen LogP contribution in [0.5, 0.6) is 17.4 Å². The summed E-state index contributed by atoms with van der Waals surface area (Å²) in [4.78, 5) is 4.10. The Labute approximate surface area is 174 Å². The first-order valence-electron chi connectivity index (χ1n) is 9.14. The van der Waals surface area contributed by atoms with E-state index in [9.17, 15) is 4.39 Å². The minimum Gasteiger partial charge on any atom is -0.493 e. The molecule has 0 amide bonds. The molecule has 0 atom stereocenters. The van der Waals surface area contributed by atoms with E-state index in [0.717, 1.165) is 5.56 Å². The van der Waals surface area contributed by atoms with Gasteiger partial charge in [-0.3, -0.25) is 0 Å². The van der Waals surface area contributed by atoms with Gasteiger partial charge >= 0.3 is 0 Å². The van der Waals surface area contributed by atoms with Crippen LogP contribution in [0.1, 0.15) is 11.1 Å². The molecule has 3 rings (SSSR count). The number of pyridine rings is 1. The molecule has 7 heteroatoms. The van der Waals surface area contributed by atoms with Crippen molar-refractivity contribution in [1.82, 2.24) is 10.3 Å². The van der Waals surface area contributed by atoms with Crippen molar-refractivity contribution in [3.05, 3.63) is 82.8 Å². The molecule has 0 aliphatic carbocycles. The van der Waals surface area contributed by atoms with Crippen LogP contribution in [0.15, 0.2) is 60.8 Å². The van der Waals surface area contributed by atoms with Crippen LogP contribution in [-0.4, -0.2) is 25.2 Å². The summed E-state index contributed by atoms with van der Waals surface area (Å²) < 4.78 is 30.5. The number of methoxy groups -OCH3 is 1. The van der Waals surface area contributed by atoms with E-state index >= 15 is 0 Å². The number of rotatable bonds is 10. The van der Waals surface area contributed by atoms with Crippen LogP contribution >= 0.6 is 11.6 Å². The Hall–Kier alpha value is -2.83. The van der Waals surface area contributed by atoms with Gasteiger partial charge in [0, 0.05) is 30.9 Å². The van der Waals surface area contributed by atoms with Gasteiger partial charge in [0.25, 0.3) is 0 Å². The summed E-state index contributed by atoms with van der Waals surface area (Å²) in [6.45, 7) is 1.77. The Kier molecular flexibility index (Phi) is 7.67. The van der Waals surface area contributed by atoms with Crippen molar-refractivity contribution in [2.75, 3.05) is 20.3 Å². The number of hydrogen-bond donors (Lipinski definition) is 1. The molecule has 0 aliphatic heterocycles. The monoisotopic (exact) mass is 416 g/mol. The van der Waals surface area contributed by atoms with E-state index in [0.29, 0.717) is 47.7 Å². The van der Waals surface area contributed by atoms with Gasteiger partial charge in [-0.15, -0.1) is 0 Å². The quantitative estimate of drug-likeness (QED) is 0.488. The summed E-state index contributed by atoms with van der Waals surface area (Å²) in [5.74, 6) is 1.15. The molecule has 0 saturated carbocycles. The number of ether oxygens (including phenoxy) is 3. The van der Waals surface area contributed by atoms with E-state index in [4.69, 9.17) is 25.8 Å². The van der Waals surface area contributed by atoms with Gasteiger partial charge in [0.1, 0.15) is 19.0 Å². The Morgan fingerprint density at radius 2 is 1.90 bits per heavy atom. The van der Waals surface area contributed by atoms with Crippen LogP contribution in [0.25, 0.3) is 0 Å². The predicted molar refractivity (Wildman–Crippen MR) is 110 cm³/mol. The zero-order valence-electron chi connectivity index (χ0n) is 16.0. The molecule has 0 spiro atoms. The standard InChI is InChI=1S/C22H22ClFN2O3/c1-27-20-13-16(14-25-10-11-28-21-8-4-5-9-26-21)12-18(23)22(20)29-15-17-6-2-3-7-19(17)24/h2-9,12-13,25H,10-11,14-15H2,1H3. The second-order valence-corrected chi connectivity index (χ2v) is 6.59. The molecule has 0 unspecified atom stereocenters. The highest BCUT2D eigenvalue weighted by atomic mass is 35.5. The summed E-state index contributed by atoms with van der Waals surface area (Å²) in [7, 11) is 1.54. The van der Waals surface area contributed by atoms with Crippen LogP contribution < -0.4 is 19.5 Å². The fourth-order valence-electron chi connectivity index (χ4n) is 2.67. The van der Waals surface area contributed by atoms with Crippen molar-refractivity contribution in [2.24, 2.45) is 0 Å². The summed E-state index contributed by atoms with van der Waals surface area (Å²) in [5, 5.41) is 3.68. The number of aromatic nitrogens is 1. The second-order valence-electron chi connectivity index (χ2n) is 6.18. The van der Waals surface area contributed by atoms with Gasteiger partial charge in [0.05, 0.1) is 12.1 Å². The minimum atomic E-state index is -0.323. The Bertz CT molecular complexity index is 925. The van der Waals surface area contributed by atoms with Crippen molar-refractivity contribution in [1.29, 1.82) is 0 Å². The van der Waals surface area contributed by atoms with Crippen molar-refractivity contribution >= 4 is 11.6 Å². The van der Waals surface area contributed by atoms with E-state index in [-0.39, 0.29) is 12.4 Å². The summed E-state index contributed by atoms with van der Waals surface area (Å²) in [6, 6.07) is 15.6. The molecule has 1 N–H and O–H groups in total. The second kappa shape index (κ2) is 10.6. The van der Waals surface area contributed by atoms with E-state index in [2.05, 4.69) is 10.3 Å². The maximum Gasteiger partial charge on any atom is 0.213 e. The normalized spacial score (nSPS) is 10.6. The van der Waals surface area contributed by atoms with Gasteiger partial charge in [0.2, 0.25) is 5.88 Å². The molecule has 0 saturated heterocycles. The molecule has 5 nitrogen and oxygen atoms in total. The zero-order chi connectivity index (χ0) is 20.5. The Morgan fingerprint density at radius 1 is 1.07 bits per heavy atom. The first-order chi connectivity index (χ1) is 14.2. The van der Waals surface area contributed by atoms with Crippen LogP contribution in [0.4, 0.5) is 4.39 Å². The van der Waals surface area contributed by atoms with Gasteiger partial charge in [-0.1, -0.05) is 35.9 Å². The molecule has 3 aromatic rings. The lowest BCUT2D eigenvalue weighted by Gasteiger charge is -2.15. The van der Waals surface area contributed by atoms with Crippen LogP contribution in [0, 0.1) is 5.82 Å². The lowest BCUT2D eigenvalue weighted by atomic mass is 10.2. The lowest BCUT2D eigenvalue weighted by Crippen LogP contribution is -2.20. The molecule has 29 heavy (non-hydrogen) atoms. The van der Waals surface area contributed by atoms with Gasteiger partial charge in [-0.2, -0.15) is 0 Å². The molecule has 0 fully saturated rings. The third-order valence-corrected chi connectivity index (χ3v) is 4.40. The van der Waals surface area contributed by atoms with Crippen molar-refractivity contribution in [3.63, 3.8) is 0 Å². The van der Waals surface area contributed by atoms with E-state index < -0.39 is 0 Å². The highest BCUT2D eigenvalue weighted by Gasteiger charge is 2.13. The summed E-state index contributed by atoms with van der Waals surface area (Å²) in [5.41, 5.74) is 1.38. The first kappa shape index (κ1) is 20.9. The largest absolute Gasteiger partial charge is 0.493 e. The Balaban J connectivity index is 1.54. The molecule has 0 aliphatic rings. The van der Waals surface area contributed by atoms with Gasteiger partial charge < -0.3 is 19.5 Å². The van der Waals surface area contributed by atoms with Gasteiger partial charge in [-0.25, -0.2) is 9.37 Å². The maximum absolute atomic E-state index is 13.8. The minimum absolute atomic E-state index is 0.0607. The number of halogens is 2. The summed E-state index contributed by atoms with van der Waals surface area (Å²) in [6.07, 6.45) is 1.69. The van der Waals surface area contributed by atoms with E-state index in [1.165, 1.54) is 6.07 Å². The maximum atomic E-state index is 13.8. The molecule has 152 valence electrons. The van der Waals surface area contributed by atoms with Gasteiger partial charge in [-0.05, 0) is 29.8 Å². The topological polar surface area (TPSA) is 52.6 Å². The molecule has 2 aromatic carbocycles. The third-order valence-electron chi connectivity index (χ3n) is 4.11. The van der Waals surface area contributed by atoms with Crippen molar-refractivity contribution in [2.45, 2.75) is 13.2 Å². The highest BCUT2D eigenvalue weighted by Crippen LogP contribution is 2.37. The van der Waals surface area contributed by atoms with Crippen LogP contribution in [0.3, 0.4) is 0 Å². The third kappa shape index (κ3) is 6.07. The molecule has 1 heterocycles. The number of benzene rings is 2. The van der Waals surface area contributed by atoms with Crippen LogP contribution in [-0.2, 0) is 13.2 Å². The average molecular weight is 417 g/mol. The highest BCUT2D eigenvalue weighted by molar-refractivity contribution is 6.32. The molecular weight excluding hydrogens is 395 g/mol. The number of nitrogens with one attached hydrogen (secondary N) is 1. The molecule has 0 radical (unpaired) electrons. The van der Waals surface area contributed by atoms with Crippen molar-refractivity contribution < 1.29 is 18.6 Å². The average Bonchev–Trinajstić information content (AvgIpc) is 2.74. The zero-order valence-corrected chi connectivity index (χ0v) is 16.8. The number of nitrogens with zero attached hydrogens (tertiary/aromatic N) is 1. The fourth-order valence-corrected chi connectivity index (χ4v) is 2.96. The van der Waals surface area contributed by atoms with E-state index in [1.807, 2.05) is 24.3 Å². The van der Waals surface area contributed by atoms with Crippen molar-refractivity contribution in [3.8, 4) is 17.4 Å². The smallest absolute Gasteiger partial charge is 0.213 e. The Morgan fingerprint density at radius 3 is 2.66 bits per heavy atom. The molecule has 1 aromatic heterocycles. The first-order valence-corrected chi connectivity index (χ1v) is 9.52. The summed E-state index contributed by atoms with van der Waals surface area (Å²) >= 11 is 6.38. The van der Waals surface area contributed by atoms with E-state index in [1.54, 1.807) is 37.6 Å². The fraction of sp³-hybridized carbons (Fsp3) is 0.227. The predicted octanol–water partition coefficient (Wildman–Crippen LogP) is 4.63. The molecule has 0 bridgehead atoms. The molecular formula is C22H22ClFN2O3. The number of hydrogen-bond acceptors (Lipinski definition) is 5. The van der Waals surface area contributed by atoms with Gasteiger partial charge in [0.15, 0.2) is 11.5 Å². The lowest BCUT2D eigenvalue weighted by molar-refractivity contribution is 0.279. The van der Waals surface area contributed by atoms with Crippen LogP contribution in [0.2, 0.25) is 5.02 Å².